The van der Waals surface area contributed by atoms with Crippen LogP contribution in [-0.2, 0) is 24.2 Å². The van der Waals surface area contributed by atoms with Gasteiger partial charge < -0.3 is 14.6 Å². The van der Waals surface area contributed by atoms with Crippen molar-refractivity contribution in [2.24, 2.45) is 0 Å². The number of fused-ring (bicyclic) bond motifs is 2. The van der Waals surface area contributed by atoms with Gasteiger partial charge in [-0.05, 0) is 31.2 Å². The highest BCUT2D eigenvalue weighted by Gasteiger charge is 2.33. The third-order valence-corrected chi connectivity index (χ3v) is 5.31. The average molecular weight is 452 g/mol. The molecule has 0 fully saturated rings. The maximum Gasteiger partial charge on any atom is 0.390 e. The minimum Gasteiger partial charge on any atom is -0.461 e. The van der Waals surface area contributed by atoms with Gasteiger partial charge >= 0.3 is 12.1 Å². The smallest absolute Gasteiger partial charge is 0.390 e. The minimum atomic E-state index is -4.37. The molecule has 1 aromatic carbocycles. The van der Waals surface area contributed by atoms with Crippen LogP contribution in [0.25, 0.3) is 10.9 Å². The van der Waals surface area contributed by atoms with Crippen molar-refractivity contribution in [1.29, 1.82) is 0 Å². The Bertz CT molecular complexity index is 1180. The number of alkyl halides is 3. The highest BCUT2D eigenvalue weighted by molar-refractivity contribution is 5.98. The van der Waals surface area contributed by atoms with Crippen LogP contribution in [0, 0.1) is 5.82 Å². The molecule has 0 saturated heterocycles. The molecule has 1 aliphatic heterocycles. The van der Waals surface area contributed by atoms with Crippen LogP contribution in [0.4, 0.5) is 17.6 Å². The normalized spacial score (nSPS) is 14.0. The Kier molecular flexibility index (Phi) is 5.66. The molecule has 7 nitrogen and oxygen atoms in total. The number of halogens is 4. The van der Waals surface area contributed by atoms with Gasteiger partial charge in [-0.1, -0.05) is 0 Å². The van der Waals surface area contributed by atoms with Gasteiger partial charge in [-0.3, -0.25) is 9.48 Å². The first-order valence-electron chi connectivity index (χ1n) is 10.1. The van der Waals surface area contributed by atoms with E-state index in [-0.39, 0.29) is 43.4 Å². The highest BCUT2D eigenvalue weighted by atomic mass is 19.4. The standard InChI is InChI=1S/C21H20F4N4O3/c1-2-32-20(31)18-14-11-28(7-5-17(14)29(27-18)8-6-21(23,24)25)19(30)16-10-12-9-13(22)3-4-15(12)26-16/h3-4,9-10,26H,2,5-8,11H2,1H3. The van der Waals surface area contributed by atoms with E-state index in [4.69, 9.17) is 4.74 Å². The molecule has 170 valence electrons. The molecule has 0 aliphatic carbocycles. The van der Waals surface area contributed by atoms with Crippen molar-refractivity contribution in [3.05, 3.63) is 52.7 Å². The van der Waals surface area contributed by atoms with Crippen LogP contribution in [-0.4, -0.2) is 50.9 Å². The van der Waals surface area contributed by atoms with E-state index in [0.717, 1.165) is 0 Å². The van der Waals surface area contributed by atoms with Gasteiger partial charge in [0, 0.05) is 41.7 Å². The van der Waals surface area contributed by atoms with Crippen molar-refractivity contribution in [1.82, 2.24) is 19.7 Å². The number of H-pyrrole nitrogens is 1. The fourth-order valence-electron chi connectivity index (χ4n) is 3.83. The van der Waals surface area contributed by atoms with Crippen molar-refractivity contribution in [3.8, 4) is 0 Å². The highest BCUT2D eigenvalue weighted by Crippen LogP contribution is 2.28. The van der Waals surface area contributed by atoms with Crippen molar-refractivity contribution in [3.63, 3.8) is 0 Å². The fourth-order valence-corrected chi connectivity index (χ4v) is 3.83. The summed E-state index contributed by atoms with van der Waals surface area (Å²) >= 11 is 0. The first-order chi connectivity index (χ1) is 15.2. The van der Waals surface area contributed by atoms with E-state index in [0.29, 0.717) is 22.2 Å². The van der Waals surface area contributed by atoms with Gasteiger partial charge in [-0.2, -0.15) is 18.3 Å². The van der Waals surface area contributed by atoms with Crippen molar-refractivity contribution >= 4 is 22.8 Å². The predicted molar refractivity (Wildman–Crippen MR) is 106 cm³/mol. The van der Waals surface area contributed by atoms with E-state index in [2.05, 4.69) is 10.1 Å². The van der Waals surface area contributed by atoms with E-state index in [1.54, 1.807) is 6.92 Å². The molecule has 3 heterocycles. The summed E-state index contributed by atoms with van der Waals surface area (Å²) in [4.78, 5) is 29.8. The van der Waals surface area contributed by atoms with Crippen molar-refractivity contribution < 1.29 is 31.9 Å². The van der Waals surface area contributed by atoms with Crippen LogP contribution < -0.4 is 0 Å². The van der Waals surface area contributed by atoms with Crippen molar-refractivity contribution in [2.75, 3.05) is 13.2 Å². The SMILES string of the molecule is CCOC(=O)c1nn(CCC(F)(F)F)c2c1CN(C(=O)c1cc3cc(F)ccc3[nH]1)CC2. The molecule has 0 saturated carbocycles. The molecule has 2 aromatic heterocycles. The maximum absolute atomic E-state index is 13.5. The number of hydrogen-bond acceptors (Lipinski definition) is 4. The lowest BCUT2D eigenvalue weighted by atomic mass is 10.0. The van der Waals surface area contributed by atoms with E-state index in [9.17, 15) is 27.2 Å². The predicted octanol–water partition coefficient (Wildman–Crippen LogP) is 3.83. The lowest BCUT2D eigenvalue weighted by molar-refractivity contribution is -0.137. The molecule has 0 spiro atoms. The second-order valence-corrected chi connectivity index (χ2v) is 7.47. The third-order valence-electron chi connectivity index (χ3n) is 5.31. The van der Waals surface area contributed by atoms with Gasteiger partial charge in [-0.25, -0.2) is 9.18 Å². The second-order valence-electron chi connectivity index (χ2n) is 7.47. The number of benzene rings is 1. The number of aromatic nitrogens is 3. The molecule has 1 amide bonds. The van der Waals surface area contributed by atoms with Crippen LogP contribution in [0.5, 0.6) is 0 Å². The minimum absolute atomic E-state index is 0.00193. The quantitative estimate of drug-likeness (QED) is 0.471. The summed E-state index contributed by atoms with van der Waals surface area (Å²) in [6, 6.07) is 5.65. The van der Waals surface area contributed by atoms with E-state index >= 15 is 0 Å². The van der Waals surface area contributed by atoms with E-state index in [1.807, 2.05) is 0 Å². The number of esters is 1. The van der Waals surface area contributed by atoms with Crippen LogP contribution in [0.2, 0.25) is 0 Å². The first kappa shape index (κ1) is 21.8. The molecule has 32 heavy (non-hydrogen) atoms. The van der Waals surface area contributed by atoms with Gasteiger partial charge in [-0.15, -0.1) is 0 Å². The molecule has 0 radical (unpaired) electrons. The van der Waals surface area contributed by atoms with E-state index < -0.39 is 30.9 Å². The van der Waals surface area contributed by atoms with Gasteiger partial charge in [0.05, 0.1) is 19.6 Å². The zero-order valence-corrected chi connectivity index (χ0v) is 17.1. The molecule has 0 bridgehead atoms. The Labute approximate surface area is 179 Å². The lowest BCUT2D eigenvalue weighted by Crippen LogP contribution is -2.37. The number of carbonyl (C=O) groups excluding carboxylic acids is 2. The summed E-state index contributed by atoms with van der Waals surface area (Å²) in [6.07, 6.45) is -5.22. The Morgan fingerprint density at radius 3 is 2.75 bits per heavy atom. The van der Waals surface area contributed by atoms with Crippen LogP contribution in [0.15, 0.2) is 24.3 Å². The fraction of sp³-hybridized carbons (Fsp3) is 0.381. The number of amides is 1. The number of hydrogen-bond donors (Lipinski definition) is 1. The number of aryl methyl sites for hydroxylation is 1. The molecule has 0 atom stereocenters. The topological polar surface area (TPSA) is 80.2 Å². The molecular weight excluding hydrogens is 432 g/mol. The Balaban J connectivity index is 1.62. The van der Waals surface area contributed by atoms with Gasteiger partial charge in [0.15, 0.2) is 5.69 Å². The summed E-state index contributed by atoms with van der Waals surface area (Å²) in [5, 5.41) is 4.62. The zero-order chi connectivity index (χ0) is 23.0. The summed E-state index contributed by atoms with van der Waals surface area (Å²) in [5.41, 5.74) is 1.63. The first-order valence-corrected chi connectivity index (χ1v) is 10.1. The molecule has 1 N–H and O–H groups in total. The second kappa shape index (κ2) is 8.29. The van der Waals surface area contributed by atoms with Crippen LogP contribution in [0.3, 0.4) is 0 Å². The molecule has 11 heteroatoms. The number of carbonyl (C=O) groups is 2. The zero-order valence-electron chi connectivity index (χ0n) is 17.1. The third kappa shape index (κ3) is 4.32. The largest absolute Gasteiger partial charge is 0.461 e. The Morgan fingerprint density at radius 2 is 2.03 bits per heavy atom. The van der Waals surface area contributed by atoms with Gasteiger partial charge in [0.25, 0.3) is 5.91 Å². The van der Waals surface area contributed by atoms with Gasteiger partial charge in [0.1, 0.15) is 11.5 Å². The van der Waals surface area contributed by atoms with Crippen molar-refractivity contribution in [2.45, 2.75) is 39.0 Å². The Morgan fingerprint density at radius 1 is 1.25 bits per heavy atom. The average Bonchev–Trinajstić information content (AvgIpc) is 3.32. The van der Waals surface area contributed by atoms with Gasteiger partial charge in [0.2, 0.25) is 0 Å². The summed E-state index contributed by atoms with van der Waals surface area (Å²) < 4.78 is 57.8. The molecular formula is C21H20F4N4O3. The van der Waals surface area contributed by atoms with E-state index in [1.165, 1.54) is 33.8 Å². The Hall–Kier alpha value is -3.37. The number of nitrogens with one attached hydrogen (secondary N) is 1. The molecule has 4 rings (SSSR count). The monoisotopic (exact) mass is 452 g/mol. The summed E-state index contributed by atoms with van der Waals surface area (Å²) in [5.74, 6) is -1.54. The molecule has 3 aromatic rings. The summed E-state index contributed by atoms with van der Waals surface area (Å²) in [7, 11) is 0. The number of nitrogens with zero attached hydrogens (tertiary/aromatic N) is 3. The maximum atomic E-state index is 13.5. The molecule has 1 aliphatic rings. The lowest BCUT2D eigenvalue weighted by Gasteiger charge is -2.27. The number of rotatable bonds is 5. The number of aromatic amines is 1. The number of ether oxygens (including phenoxy) is 1. The van der Waals surface area contributed by atoms with Crippen LogP contribution in [0.1, 0.15) is 45.6 Å². The molecule has 0 unspecified atom stereocenters. The van der Waals surface area contributed by atoms with Crippen LogP contribution >= 0.6 is 0 Å². The summed E-state index contributed by atoms with van der Waals surface area (Å²) in [6.45, 7) is 1.50.